The van der Waals surface area contributed by atoms with Crippen molar-refractivity contribution in [1.82, 2.24) is 15.1 Å². The number of hydrogen-bond donors (Lipinski definition) is 1. The topological polar surface area (TPSA) is 46.9 Å². The van der Waals surface area contributed by atoms with Crippen molar-refractivity contribution in [3.05, 3.63) is 17.0 Å². The van der Waals surface area contributed by atoms with Gasteiger partial charge in [0.15, 0.2) is 0 Å². The Morgan fingerprint density at radius 1 is 1.53 bits per heavy atom. The molecule has 1 amide bonds. The first-order valence-electron chi connectivity index (χ1n) is 6.95. The van der Waals surface area contributed by atoms with Crippen molar-refractivity contribution in [2.45, 2.75) is 44.8 Å². The van der Waals surface area contributed by atoms with Gasteiger partial charge < -0.3 is 5.32 Å². The predicted octanol–water partition coefficient (Wildman–Crippen LogP) is 1.98. The molecule has 1 aliphatic heterocycles. The standard InChI is InChI=1S/C14H23N3OS/c1-10-13(11(2)17(3)16-10)6-7-14(18)15-9-12-5-4-8-19-12/h12H,4-9H2,1-3H3,(H,15,18). The van der Waals surface area contributed by atoms with E-state index < -0.39 is 0 Å². The Kier molecular flexibility index (Phi) is 4.91. The summed E-state index contributed by atoms with van der Waals surface area (Å²) in [7, 11) is 1.95. The van der Waals surface area contributed by atoms with Gasteiger partial charge in [0.1, 0.15) is 0 Å². The maximum absolute atomic E-state index is 11.9. The number of hydrogen-bond acceptors (Lipinski definition) is 3. The minimum Gasteiger partial charge on any atom is -0.355 e. The molecule has 5 heteroatoms. The van der Waals surface area contributed by atoms with E-state index >= 15 is 0 Å². The summed E-state index contributed by atoms with van der Waals surface area (Å²) < 4.78 is 1.89. The number of thioether (sulfide) groups is 1. The van der Waals surface area contributed by atoms with Crippen LogP contribution in [0.15, 0.2) is 0 Å². The van der Waals surface area contributed by atoms with E-state index in [2.05, 4.69) is 17.3 Å². The van der Waals surface area contributed by atoms with Crippen LogP contribution < -0.4 is 5.32 Å². The molecule has 19 heavy (non-hydrogen) atoms. The van der Waals surface area contributed by atoms with Gasteiger partial charge in [0, 0.05) is 31.0 Å². The molecule has 0 radical (unpaired) electrons. The fourth-order valence-electron chi connectivity index (χ4n) is 2.54. The van der Waals surface area contributed by atoms with Gasteiger partial charge in [-0.05, 0) is 44.4 Å². The summed E-state index contributed by atoms with van der Waals surface area (Å²) in [5.74, 6) is 1.41. The third-order valence-electron chi connectivity index (χ3n) is 3.81. The van der Waals surface area contributed by atoms with Crippen LogP contribution in [-0.2, 0) is 18.3 Å². The molecule has 1 N–H and O–H groups in total. The number of carbonyl (C=O) groups is 1. The summed E-state index contributed by atoms with van der Waals surface area (Å²) in [4.78, 5) is 11.9. The van der Waals surface area contributed by atoms with E-state index in [1.807, 2.05) is 30.4 Å². The first-order chi connectivity index (χ1) is 9.08. The maximum Gasteiger partial charge on any atom is 0.220 e. The molecular weight excluding hydrogens is 258 g/mol. The highest BCUT2D eigenvalue weighted by Gasteiger charge is 2.16. The Labute approximate surface area is 119 Å². The van der Waals surface area contributed by atoms with E-state index in [1.165, 1.54) is 24.2 Å². The molecule has 1 atom stereocenters. The van der Waals surface area contributed by atoms with Gasteiger partial charge in [0.25, 0.3) is 0 Å². The third kappa shape index (κ3) is 3.75. The van der Waals surface area contributed by atoms with Gasteiger partial charge in [-0.1, -0.05) is 0 Å². The summed E-state index contributed by atoms with van der Waals surface area (Å²) in [5, 5.41) is 8.06. The maximum atomic E-state index is 11.9. The molecule has 1 aromatic rings. The zero-order valence-corrected chi connectivity index (χ0v) is 12.8. The van der Waals surface area contributed by atoms with Crippen LogP contribution in [-0.4, -0.2) is 33.2 Å². The molecule has 2 heterocycles. The van der Waals surface area contributed by atoms with Crippen LogP contribution in [0.1, 0.15) is 36.2 Å². The van der Waals surface area contributed by atoms with Crippen LogP contribution in [0, 0.1) is 13.8 Å². The van der Waals surface area contributed by atoms with E-state index in [-0.39, 0.29) is 5.91 Å². The lowest BCUT2D eigenvalue weighted by Gasteiger charge is -2.10. The molecular formula is C14H23N3OS. The molecule has 1 aromatic heterocycles. The molecule has 106 valence electrons. The zero-order valence-electron chi connectivity index (χ0n) is 12.0. The average molecular weight is 281 g/mol. The summed E-state index contributed by atoms with van der Waals surface area (Å²) in [6.45, 7) is 4.90. The zero-order chi connectivity index (χ0) is 13.8. The van der Waals surface area contributed by atoms with E-state index in [0.29, 0.717) is 11.7 Å². The van der Waals surface area contributed by atoms with Gasteiger partial charge in [-0.2, -0.15) is 16.9 Å². The van der Waals surface area contributed by atoms with Crippen LogP contribution >= 0.6 is 11.8 Å². The fraction of sp³-hybridized carbons (Fsp3) is 0.714. The first-order valence-corrected chi connectivity index (χ1v) is 8.00. The Hall–Kier alpha value is -0.970. The summed E-state index contributed by atoms with van der Waals surface area (Å²) in [5.41, 5.74) is 3.42. The predicted molar refractivity (Wildman–Crippen MR) is 79.5 cm³/mol. The molecule has 0 saturated carbocycles. The third-order valence-corrected chi connectivity index (χ3v) is 5.21. The second-order valence-corrected chi connectivity index (χ2v) is 6.62. The molecule has 0 aliphatic carbocycles. The highest BCUT2D eigenvalue weighted by molar-refractivity contribution is 8.00. The van der Waals surface area contributed by atoms with Crippen molar-refractivity contribution in [3.63, 3.8) is 0 Å². The Balaban J connectivity index is 1.76. The second-order valence-electron chi connectivity index (χ2n) is 5.21. The van der Waals surface area contributed by atoms with Crippen LogP contribution in [0.2, 0.25) is 0 Å². The van der Waals surface area contributed by atoms with Gasteiger partial charge in [-0.25, -0.2) is 0 Å². The van der Waals surface area contributed by atoms with Crippen molar-refractivity contribution in [3.8, 4) is 0 Å². The van der Waals surface area contributed by atoms with Crippen LogP contribution in [0.25, 0.3) is 0 Å². The van der Waals surface area contributed by atoms with Crippen LogP contribution in [0.4, 0.5) is 0 Å². The van der Waals surface area contributed by atoms with Crippen molar-refractivity contribution >= 4 is 17.7 Å². The molecule has 1 unspecified atom stereocenters. The quantitative estimate of drug-likeness (QED) is 0.898. The van der Waals surface area contributed by atoms with E-state index in [0.717, 1.165) is 24.4 Å². The molecule has 0 spiro atoms. The highest BCUT2D eigenvalue weighted by Crippen LogP contribution is 2.25. The largest absolute Gasteiger partial charge is 0.355 e. The van der Waals surface area contributed by atoms with Gasteiger partial charge in [-0.15, -0.1) is 0 Å². The Morgan fingerprint density at radius 3 is 2.89 bits per heavy atom. The molecule has 0 bridgehead atoms. The lowest BCUT2D eigenvalue weighted by atomic mass is 10.1. The first kappa shape index (κ1) is 14.4. The van der Waals surface area contributed by atoms with Crippen molar-refractivity contribution in [1.29, 1.82) is 0 Å². The Bertz CT molecular complexity index is 450. The average Bonchev–Trinajstić information content (AvgIpc) is 2.96. The van der Waals surface area contributed by atoms with Crippen molar-refractivity contribution < 1.29 is 4.79 Å². The smallest absolute Gasteiger partial charge is 0.220 e. The molecule has 2 rings (SSSR count). The highest BCUT2D eigenvalue weighted by atomic mass is 32.2. The monoisotopic (exact) mass is 281 g/mol. The van der Waals surface area contributed by atoms with Gasteiger partial charge in [0.05, 0.1) is 5.69 Å². The van der Waals surface area contributed by atoms with Crippen LogP contribution in [0.3, 0.4) is 0 Å². The normalized spacial score (nSPS) is 18.8. The second kappa shape index (κ2) is 6.46. The minimum absolute atomic E-state index is 0.162. The number of carbonyl (C=O) groups excluding carboxylic acids is 1. The number of nitrogens with zero attached hydrogens (tertiary/aromatic N) is 2. The molecule has 1 aliphatic rings. The molecule has 0 aromatic carbocycles. The number of nitrogens with one attached hydrogen (secondary N) is 1. The molecule has 4 nitrogen and oxygen atoms in total. The van der Waals surface area contributed by atoms with Crippen molar-refractivity contribution in [2.24, 2.45) is 7.05 Å². The minimum atomic E-state index is 0.162. The fourth-order valence-corrected chi connectivity index (χ4v) is 3.74. The van der Waals surface area contributed by atoms with E-state index in [1.54, 1.807) is 0 Å². The summed E-state index contributed by atoms with van der Waals surface area (Å²) >= 11 is 1.98. The number of rotatable bonds is 5. The van der Waals surface area contributed by atoms with Gasteiger partial charge >= 0.3 is 0 Å². The molecule has 1 saturated heterocycles. The lowest BCUT2D eigenvalue weighted by Crippen LogP contribution is -2.29. The van der Waals surface area contributed by atoms with Gasteiger partial charge in [-0.3, -0.25) is 9.48 Å². The molecule has 1 fully saturated rings. The Morgan fingerprint density at radius 2 is 2.32 bits per heavy atom. The van der Waals surface area contributed by atoms with E-state index in [4.69, 9.17) is 0 Å². The number of aromatic nitrogens is 2. The summed E-state index contributed by atoms with van der Waals surface area (Å²) in [6, 6.07) is 0. The van der Waals surface area contributed by atoms with Crippen molar-refractivity contribution in [2.75, 3.05) is 12.3 Å². The van der Waals surface area contributed by atoms with Crippen LogP contribution in [0.5, 0.6) is 0 Å². The van der Waals surface area contributed by atoms with Gasteiger partial charge in [0.2, 0.25) is 5.91 Å². The summed E-state index contributed by atoms with van der Waals surface area (Å²) in [6.07, 6.45) is 3.88. The number of amides is 1. The number of aryl methyl sites for hydroxylation is 2. The lowest BCUT2D eigenvalue weighted by molar-refractivity contribution is -0.121. The van der Waals surface area contributed by atoms with E-state index in [9.17, 15) is 4.79 Å². The SMILES string of the molecule is Cc1nn(C)c(C)c1CCC(=O)NCC1CCCS1.